The lowest BCUT2D eigenvalue weighted by Crippen LogP contribution is -2.50. The van der Waals surface area contributed by atoms with E-state index in [0.717, 1.165) is 31.1 Å². The number of carbonyl (C=O) groups excluding carboxylic acids is 1. The van der Waals surface area contributed by atoms with Gasteiger partial charge < -0.3 is 15.4 Å². The Morgan fingerprint density at radius 1 is 1.04 bits per heavy atom. The van der Waals surface area contributed by atoms with Crippen molar-refractivity contribution in [2.24, 2.45) is 5.73 Å². The number of nitrogens with two attached hydrogens (primary N) is 1. The number of benzene rings is 2. The van der Waals surface area contributed by atoms with E-state index in [2.05, 4.69) is 11.0 Å². The molecule has 2 aromatic rings. The standard InChI is InChI=1S/C18H20ClN3O2/c19-15-4-6-16(7-5-15)24-17-3-1-2-14(12-17)13-21-8-10-22(11-9-21)18(20)23/h1-7,12H,8-11,13H2,(H2,20,23). The van der Waals surface area contributed by atoms with Crippen LogP contribution >= 0.6 is 11.6 Å². The summed E-state index contributed by atoms with van der Waals surface area (Å²) in [5.74, 6) is 1.55. The molecule has 126 valence electrons. The summed E-state index contributed by atoms with van der Waals surface area (Å²) in [6.07, 6.45) is 0. The lowest BCUT2D eigenvalue weighted by Gasteiger charge is -2.33. The maximum absolute atomic E-state index is 11.2. The normalized spacial score (nSPS) is 15.3. The van der Waals surface area contributed by atoms with Crippen LogP contribution in [0.3, 0.4) is 0 Å². The topological polar surface area (TPSA) is 58.8 Å². The molecule has 0 radical (unpaired) electrons. The number of halogens is 1. The quantitative estimate of drug-likeness (QED) is 0.924. The van der Waals surface area contributed by atoms with Crippen molar-refractivity contribution >= 4 is 17.6 Å². The van der Waals surface area contributed by atoms with Gasteiger partial charge in [0.25, 0.3) is 0 Å². The second-order valence-electron chi connectivity index (χ2n) is 5.80. The SMILES string of the molecule is NC(=O)N1CCN(Cc2cccc(Oc3ccc(Cl)cc3)c2)CC1. The number of ether oxygens (including phenoxy) is 1. The number of carbonyl (C=O) groups is 1. The van der Waals surface area contributed by atoms with E-state index in [9.17, 15) is 4.79 Å². The monoisotopic (exact) mass is 345 g/mol. The molecule has 5 nitrogen and oxygen atoms in total. The minimum Gasteiger partial charge on any atom is -0.457 e. The Labute approximate surface area is 146 Å². The van der Waals surface area contributed by atoms with Crippen molar-refractivity contribution in [3.05, 3.63) is 59.1 Å². The molecule has 1 heterocycles. The van der Waals surface area contributed by atoms with Gasteiger partial charge in [0.1, 0.15) is 11.5 Å². The molecule has 6 heteroatoms. The minimum atomic E-state index is -0.340. The van der Waals surface area contributed by atoms with Gasteiger partial charge in [0.05, 0.1) is 0 Å². The van der Waals surface area contributed by atoms with E-state index in [4.69, 9.17) is 22.1 Å². The van der Waals surface area contributed by atoms with Crippen molar-refractivity contribution in [1.82, 2.24) is 9.80 Å². The Balaban J connectivity index is 1.59. The molecule has 1 fully saturated rings. The molecule has 0 bridgehead atoms. The van der Waals surface area contributed by atoms with Gasteiger partial charge in [-0.25, -0.2) is 4.79 Å². The molecule has 0 aliphatic carbocycles. The molecule has 3 rings (SSSR count). The van der Waals surface area contributed by atoms with Crippen molar-refractivity contribution in [3.8, 4) is 11.5 Å². The summed E-state index contributed by atoms with van der Waals surface area (Å²) in [5.41, 5.74) is 6.49. The van der Waals surface area contributed by atoms with Gasteiger partial charge in [-0.15, -0.1) is 0 Å². The van der Waals surface area contributed by atoms with Crippen molar-refractivity contribution in [1.29, 1.82) is 0 Å². The first-order chi connectivity index (χ1) is 11.6. The third kappa shape index (κ3) is 4.40. The Morgan fingerprint density at radius 2 is 1.75 bits per heavy atom. The van der Waals surface area contributed by atoms with Crippen molar-refractivity contribution in [2.45, 2.75) is 6.54 Å². The fourth-order valence-electron chi connectivity index (χ4n) is 2.73. The maximum atomic E-state index is 11.2. The first-order valence-corrected chi connectivity index (χ1v) is 8.27. The zero-order chi connectivity index (χ0) is 16.9. The fraction of sp³-hybridized carbons (Fsp3) is 0.278. The van der Waals surface area contributed by atoms with Gasteiger partial charge in [0.2, 0.25) is 0 Å². The van der Waals surface area contributed by atoms with Gasteiger partial charge >= 0.3 is 6.03 Å². The maximum Gasteiger partial charge on any atom is 0.314 e. The lowest BCUT2D eigenvalue weighted by molar-refractivity contribution is 0.140. The fourth-order valence-corrected chi connectivity index (χ4v) is 2.86. The third-order valence-corrected chi connectivity index (χ3v) is 4.29. The molecular formula is C18H20ClN3O2. The van der Waals surface area contributed by atoms with E-state index in [1.165, 1.54) is 5.56 Å². The van der Waals surface area contributed by atoms with Crippen LogP contribution in [-0.2, 0) is 6.54 Å². The number of urea groups is 1. The Kier molecular flexibility index (Phi) is 5.23. The lowest BCUT2D eigenvalue weighted by atomic mass is 10.2. The number of nitrogens with zero attached hydrogens (tertiary/aromatic N) is 2. The Hall–Kier alpha value is -2.24. The zero-order valence-corrected chi connectivity index (χ0v) is 14.1. The molecule has 0 atom stereocenters. The smallest absolute Gasteiger partial charge is 0.314 e. The van der Waals surface area contributed by atoms with E-state index >= 15 is 0 Å². The van der Waals surface area contributed by atoms with E-state index in [1.807, 2.05) is 30.3 Å². The first kappa shape index (κ1) is 16.6. The first-order valence-electron chi connectivity index (χ1n) is 7.89. The van der Waals surface area contributed by atoms with Crippen molar-refractivity contribution in [2.75, 3.05) is 26.2 Å². The highest BCUT2D eigenvalue weighted by Gasteiger charge is 2.19. The van der Waals surface area contributed by atoms with Crippen LogP contribution in [-0.4, -0.2) is 42.0 Å². The van der Waals surface area contributed by atoms with Crippen LogP contribution in [0.4, 0.5) is 4.79 Å². The van der Waals surface area contributed by atoms with Crippen LogP contribution in [0.1, 0.15) is 5.56 Å². The summed E-state index contributed by atoms with van der Waals surface area (Å²) in [7, 11) is 0. The van der Waals surface area contributed by atoms with E-state index < -0.39 is 0 Å². The number of hydrogen-bond acceptors (Lipinski definition) is 3. The van der Waals surface area contributed by atoms with Gasteiger partial charge in [0, 0.05) is 37.7 Å². The largest absolute Gasteiger partial charge is 0.457 e. The van der Waals surface area contributed by atoms with Gasteiger partial charge in [-0.3, -0.25) is 4.90 Å². The predicted octanol–water partition coefficient (Wildman–Crippen LogP) is 3.33. The highest BCUT2D eigenvalue weighted by molar-refractivity contribution is 6.30. The molecule has 1 aliphatic rings. The number of piperazine rings is 1. The molecule has 0 unspecified atom stereocenters. The Morgan fingerprint density at radius 3 is 2.42 bits per heavy atom. The summed E-state index contributed by atoms with van der Waals surface area (Å²) in [4.78, 5) is 15.1. The summed E-state index contributed by atoms with van der Waals surface area (Å²) in [6.45, 7) is 3.83. The van der Waals surface area contributed by atoms with E-state index in [0.29, 0.717) is 18.1 Å². The third-order valence-electron chi connectivity index (χ3n) is 4.04. The van der Waals surface area contributed by atoms with Gasteiger partial charge in [-0.1, -0.05) is 23.7 Å². The number of primary amides is 1. The van der Waals surface area contributed by atoms with Crippen molar-refractivity contribution < 1.29 is 9.53 Å². The van der Waals surface area contributed by atoms with Gasteiger partial charge in [0.15, 0.2) is 0 Å². The molecule has 2 N–H and O–H groups in total. The highest BCUT2D eigenvalue weighted by Crippen LogP contribution is 2.24. The van der Waals surface area contributed by atoms with Crippen LogP contribution in [0, 0.1) is 0 Å². The average Bonchev–Trinajstić information content (AvgIpc) is 2.58. The second-order valence-corrected chi connectivity index (χ2v) is 6.24. The number of rotatable bonds is 4. The molecule has 2 aromatic carbocycles. The summed E-state index contributed by atoms with van der Waals surface area (Å²) in [5, 5.41) is 0.686. The van der Waals surface area contributed by atoms with Crippen LogP contribution in [0.2, 0.25) is 5.02 Å². The summed E-state index contributed by atoms with van der Waals surface area (Å²) >= 11 is 5.88. The van der Waals surface area contributed by atoms with Gasteiger partial charge in [-0.05, 0) is 42.0 Å². The molecule has 1 saturated heterocycles. The van der Waals surface area contributed by atoms with Gasteiger partial charge in [-0.2, -0.15) is 0 Å². The van der Waals surface area contributed by atoms with Crippen LogP contribution in [0.15, 0.2) is 48.5 Å². The number of amides is 2. The second kappa shape index (κ2) is 7.55. The molecular weight excluding hydrogens is 326 g/mol. The van der Waals surface area contributed by atoms with E-state index in [-0.39, 0.29) is 6.03 Å². The average molecular weight is 346 g/mol. The van der Waals surface area contributed by atoms with Crippen LogP contribution in [0.5, 0.6) is 11.5 Å². The molecule has 0 spiro atoms. The summed E-state index contributed by atoms with van der Waals surface area (Å²) < 4.78 is 5.87. The molecule has 24 heavy (non-hydrogen) atoms. The summed E-state index contributed by atoms with van der Waals surface area (Å²) in [6, 6.07) is 15.0. The number of hydrogen-bond donors (Lipinski definition) is 1. The van der Waals surface area contributed by atoms with Crippen LogP contribution < -0.4 is 10.5 Å². The highest BCUT2D eigenvalue weighted by atomic mass is 35.5. The molecule has 0 aromatic heterocycles. The van der Waals surface area contributed by atoms with E-state index in [1.54, 1.807) is 17.0 Å². The molecule has 0 saturated carbocycles. The predicted molar refractivity (Wildman–Crippen MR) is 94.4 cm³/mol. The minimum absolute atomic E-state index is 0.340. The molecule has 1 aliphatic heterocycles. The van der Waals surface area contributed by atoms with Crippen molar-refractivity contribution in [3.63, 3.8) is 0 Å². The molecule has 2 amide bonds. The Bertz CT molecular complexity index is 698. The zero-order valence-electron chi connectivity index (χ0n) is 13.3. The van der Waals surface area contributed by atoms with Crippen LogP contribution in [0.25, 0.3) is 0 Å².